The maximum atomic E-state index is 11.8. The zero-order valence-electron chi connectivity index (χ0n) is 12.4. The van der Waals surface area contributed by atoms with Crippen LogP contribution in [0, 0.1) is 0 Å². The van der Waals surface area contributed by atoms with Gasteiger partial charge in [-0.05, 0) is 50.6 Å². The van der Waals surface area contributed by atoms with Gasteiger partial charge in [-0.15, -0.1) is 12.4 Å². The normalized spacial score (nSPS) is 18.5. The Hall–Kier alpha value is -1.46. The lowest BCUT2D eigenvalue weighted by molar-refractivity contribution is -0.123. The van der Waals surface area contributed by atoms with Crippen molar-refractivity contribution in [1.82, 2.24) is 10.6 Å². The Bertz CT molecular complexity index is 433. The lowest BCUT2D eigenvalue weighted by Crippen LogP contribution is -2.43. The first-order valence-corrected chi connectivity index (χ1v) is 7.01. The van der Waals surface area contributed by atoms with Gasteiger partial charge >= 0.3 is 0 Å². The molecule has 6 heteroatoms. The number of amides is 1. The summed E-state index contributed by atoms with van der Waals surface area (Å²) >= 11 is 0. The molecular weight excluding hydrogens is 292 g/mol. The standard InChI is InChI=1S/C15H22N2O3.ClH/c1-11(10-17-15(18)14-4-3-9-16-14)20-13-7-5-12(19-2)6-8-13;/h5-8,11,14,16H,3-4,9-10H2,1-2H3,(H,17,18);1H. The zero-order chi connectivity index (χ0) is 14.4. The molecule has 5 nitrogen and oxygen atoms in total. The van der Waals surface area contributed by atoms with E-state index >= 15 is 0 Å². The molecule has 1 aliphatic rings. The van der Waals surface area contributed by atoms with E-state index in [0.717, 1.165) is 30.9 Å². The van der Waals surface area contributed by atoms with Crippen LogP contribution in [0.5, 0.6) is 11.5 Å². The van der Waals surface area contributed by atoms with E-state index in [9.17, 15) is 4.79 Å². The van der Waals surface area contributed by atoms with Crippen LogP contribution in [0.15, 0.2) is 24.3 Å². The fourth-order valence-corrected chi connectivity index (χ4v) is 2.20. The van der Waals surface area contributed by atoms with Gasteiger partial charge in [-0.2, -0.15) is 0 Å². The second kappa shape index (κ2) is 8.74. The summed E-state index contributed by atoms with van der Waals surface area (Å²) in [5.41, 5.74) is 0. The molecule has 0 aliphatic carbocycles. The number of halogens is 1. The van der Waals surface area contributed by atoms with Gasteiger partial charge in [0.05, 0.1) is 19.7 Å². The summed E-state index contributed by atoms with van der Waals surface area (Å²) < 4.78 is 10.8. The summed E-state index contributed by atoms with van der Waals surface area (Å²) in [6, 6.07) is 7.38. The van der Waals surface area contributed by atoms with E-state index in [1.165, 1.54) is 0 Å². The molecule has 2 rings (SSSR count). The number of hydrogen-bond donors (Lipinski definition) is 2. The molecule has 1 fully saturated rings. The first-order chi connectivity index (χ1) is 9.69. The smallest absolute Gasteiger partial charge is 0.237 e. The van der Waals surface area contributed by atoms with Gasteiger partial charge in [0.25, 0.3) is 0 Å². The zero-order valence-corrected chi connectivity index (χ0v) is 13.2. The van der Waals surface area contributed by atoms with E-state index in [2.05, 4.69) is 10.6 Å². The number of nitrogens with one attached hydrogen (secondary N) is 2. The Labute approximate surface area is 131 Å². The second-order valence-corrected chi connectivity index (χ2v) is 5.00. The van der Waals surface area contributed by atoms with Gasteiger partial charge in [0.2, 0.25) is 5.91 Å². The molecule has 1 aromatic carbocycles. The van der Waals surface area contributed by atoms with Gasteiger partial charge in [-0.1, -0.05) is 0 Å². The Morgan fingerprint density at radius 2 is 2.05 bits per heavy atom. The van der Waals surface area contributed by atoms with E-state index in [4.69, 9.17) is 9.47 Å². The third-order valence-electron chi connectivity index (χ3n) is 3.34. The topological polar surface area (TPSA) is 59.6 Å². The number of benzene rings is 1. The van der Waals surface area contributed by atoms with Crippen LogP contribution >= 0.6 is 12.4 Å². The molecule has 2 unspecified atom stereocenters. The van der Waals surface area contributed by atoms with E-state index in [0.29, 0.717) is 6.54 Å². The number of carbonyl (C=O) groups is 1. The minimum atomic E-state index is -0.0752. The highest BCUT2D eigenvalue weighted by Gasteiger charge is 2.21. The van der Waals surface area contributed by atoms with Gasteiger partial charge in [-0.25, -0.2) is 0 Å². The monoisotopic (exact) mass is 314 g/mol. The first-order valence-electron chi connectivity index (χ1n) is 7.01. The maximum absolute atomic E-state index is 11.8. The second-order valence-electron chi connectivity index (χ2n) is 5.00. The Morgan fingerprint density at radius 1 is 1.38 bits per heavy atom. The molecule has 1 aliphatic heterocycles. The summed E-state index contributed by atoms with van der Waals surface area (Å²) in [6.07, 6.45) is 1.91. The highest BCUT2D eigenvalue weighted by Crippen LogP contribution is 2.18. The third kappa shape index (κ3) is 5.44. The van der Waals surface area contributed by atoms with Crippen LogP contribution in [0.1, 0.15) is 19.8 Å². The van der Waals surface area contributed by atoms with Crippen LogP contribution in [-0.2, 0) is 4.79 Å². The number of hydrogen-bond acceptors (Lipinski definition) is 4. The van der Waals surface area contributed by atoms with Gasteiger partial charge < -0.3 is 20.1 Å². The molecule has 2 atom stereocenters. The Morgan fingerprint density at radius 3 is 2.62 bits per heavy atom. The van der Waals surface area contributed by atoms with E-state index in [1.54, 1.807) is 7.11 Å². The predicted molar refractivity (Wildman–Crippen MR) is 84.4 cm³/mol. The van der Waals surface area contributed by atoms with Crippen LogP contribution in [-0.4, -0.2) is 38.3 Å². The van der Waals surface area contributed by atoms with E-state index in [1.807, 2.05) is 31.2 Å². The molecule has 0 radical (unpaired) electrons. The number of rotatable bonds is 6. The minimum absolute atomic E-state index is 0. The van der Waals surface area contributed by atoms with Crippen molar-refractivity contribution < 1.29 is 14.3 Å². The highest BCUT2D eigenvalue weighted by atomic mass is 35.5. The quantitative estimate of drug-likeness (QED) is 0.840. The number of carbonyl (C=O) groups excluding carboxylic acids is 1. The van der Waals surface area contributed by atoms with Crippen LogP contribution in [0.3, 0.4) is 0 Å². The summed E-state index contributed by atoms with van der Waals surface area (Å²) in [5, 5.41) is 6.09. The molecule has 0 spiro atoms. The molecule has 1 amide bonds. The van der Waals surface area contributed by atoms with Gasteiger partial charge in [-0.3, -0.25) is 4.79 Å². The van der Waals surface area contributed by atoms with Crippen LogP contribution < -0.4 is 20.1 Å². The Balaban J connectivity index is 0.00000220. The molecule has 21 heavy (non-hydrogen) atoms. The van der Waals surface area contributed by atoms with Crippen LogP contribution in [0.25, 0.3) is 0 Å². The lowest BCUT2D eigenvalue weighted by Gasteiger charge is -2.17. The van der Waals surface area contributed by atoms with Crippen LogP contribution in [0.4, 0.5) is 0 Å². The van der Waals surface area contributed by atoms with Crippen molar-refractivity contribution in [2.24, 2.45) is 0 Å². The largest absolute Gasteiger partial charge is 0.497 e. The van der Waals surface area contributed by atoms with E-state index in [-0.39, 0.29) is 30.5 Å². The SMILES string of the molecule is COc1ccc(OC(C)CNC(=O)C2CCCN2)cc1.Cl. The summed E-state index contributed by atoms with van der Waals surface area (Å²) in [6.45, 7) is 3.37. The fraction of sp³-hybridized carbons (Fsp3) is 0.533. The molecule has 1 heterocycles. The lowest BCUT2D eigenvalue weighted by atomic mass is 10.2. The first kappa shape index (κ1) is 17.6. The van der Waals surface area contributed by atoms with E-state index < -0.39 is 0 Å². The molecule has 118 valence electrons. The van der Waals surface area contributed by atoms with Crippen molar-refractivity contribution in [3.8, 4) is 11.5 Å². The fourth-order valence-electron chi connectivity index (χ4n) is 2.20. The van der Waals surface area contributed by atoms with Crippen molar-refractivity contribution in [3.63, 3.8) is 0 Å². The summed E-state index contributed by atoms with van der Waals surface area (Å²) in [4.78, 5) is 11.8. The molecule has 0 bridgehead atoms. The highest BCUT2D eigenvalue weighted by molar-refractivity contribution is 5.85. The molecule has 1 aromatic rings. The molecule has 0 aromatic heterocycles. The Kier molecular flexibility index (Phi) is 7.32. The minimum Gasteiger partial charge on any atom is -0.497 e. The number of ether oxygens (including phenoxy) is 2. The average Bonchev–Trinajstić information content (AvgIpc) is 3.00. The van der Waals surface area contributed by atoms with Crippen molar-refractivity contribution in [2.75, 3.05) is 20.2 Å². The van der Waals surface area contributed by atoms with Crippen molar-refractivity contribution >= 4 is 18.3 Å². The number of methoxy groups -OCH3 is 1. The van der Waals surface area contributed by atoms with Gasteiger partial charge in [0.1, 0.15) is 17.6 Å². The molecule has 1 saturated heterocycles. The summed E-state index contributed by atoms with van der Waals surface area (Å²) in [5.74, 6) is 1.63. The molecule has 2 N–H and O–H groups in total. The third-order valence-corrected chi connectivity index (χ3v) is 3.34. The molecule has 0 saturated carbocycles. The van der Waals surface area contributed by atoms with Crippen LogP contribution in [0.2, 0.25) is 0 Å². The molecular formula is C15H23ClN2O3. The summed E-state index contributed by atoms with van der Waals surface area (Å²) in [7, 11) is 1.63. The van der Waals surface area contributed by atoms with Crippen molar-refractivity contribution in [1.29, 1.82) is 0 Å². The predicted octanol–water partition coefficient (Wildman–Crippen LogP) is 1.75. The maximum Gasteiger partial charge on any atom is 0.237 e. The average molecular weight is 315 g/mol. The van der Waals surface area contributed by atoms with Crippen molar-refractivity contribution in [2.45, 2.75) is 31.9 Å². The van der Waals surface area contributed by atoms with Gasteiger partial charge in [0, 0.05) is 0 Å². The van der Waals surface area contributed by atoms with Crippen molar-refractivity contribution in [3.05, 3.63) is 24.3 Å². The van der Waals surface area contributed by atoms with Gasteiger partial charge in [0.15, 0.2) is 0 Å².